The van der Waals surface area contributed by atoms with Crippen LogP contribution >= 0.6 is 39.1 Å². The van der Waals surface area contributed by atoms with Crippen molar-refractivity contribution < 1.29 is 13.2 Å². The summed E-state index contributed by atoms with van der Waals surface area (Å²) in [4.78, 5) is 12.8. The van der Waals surface area contributed by atoms with E-state index in [2.05, 4.69) is 21.2 Å². The van der Waals surface area contributed by atoms with Crippen molar-refractivity contribution in [1.82, 2.24) is 4.31 Å². The first-order valence-electron chi connectivity index (χ1n) is 8.29. The number of carbonyl (C=O) groups is 1. The van der Waals surface area contributed by atoms with Crippen molar-refractivity contribution in [1.29, 1.82) is 0 Å². The van der Waals surface area contributed by atoms with Crippen molar-refractivity contribution in [2.24, 2.45) is 5.92 Å². The summed E-state index contributed by atoms with van der Waals surface area (Å²) >= 11 is 15.3. The Balaban J connectivity index is 1.73. The highest BCUT2D eigenvalue weighted by Crippen LogP contribution is 2.28. The third kappa shape index (κ3) is 4.84. The topological polar surface area (TPSA) is 66.5 Å². The van der Waals surface area contributed by atoms with E-state index in [0.29, 0.717) is 35.1 Å². The fourth-order valence-electron chi connectivity index (χ4n) is 2.96. The lowest BCUT2D eigenvalue weighted by Gasteiger charge is -2.31. The van der Waals surface area contributed by atoms with Gasteiger partial charge >= 0.3 is 0 Å². The Kier molecular flexibility index (Phi) is 6.48. The van der Waals surface area contributed by atoms with Crippen molar-refractivity contribution in [3.8, 4) is 0 Å². The van der Waals surface area contributed by atoms with Gasteiger partial charge in [0.25, 0.3) is 0 Å². The van der Waals surface area contributed by atoms with Crippen LogP contribution in [0.5, 0.6) is 0 Å². The first-order chi connectivity index (χ1) is 12.8. The summed E-state index contributed by atoms with van der Waals surface area (Å²) in [5.74, 6) is -0.703. The van der Waals surface area contributed by atoms with Crippen LogP contribution in [0, 0.1) is 5.92 Å². The fraction of sp³-hybridized carbons (Fsp3) is 0.278. The van der Waals surface area contributed by atoms with E-state index in [0.717, 1.165) is 4.47 Å². The Morgan fingerprint density at radius 3 is 2.52 bits per heavy atom. The molecule has 144 valence electrons. The maximum Gasteiger partial charge on any atom is 0.243 e. The Morgan fingerprint density at radius 2 is 1.85 bits per heavy atom. The van der Waals surface area contributed by atoms with Gasteiger partial charge in [-0.1, -0.05) is 39.1 Å². The van der Waals surface area contributed by atoms with Crippen LogP contribution in [-0.4, -0.2) is 31.7 Å². The Morgan fingerprint density at radius 1 is 1.15 bits per heavy atom. The summed E-state index contributed by atoms with van der Waals surface area (Å²) < 4.78 is 27.9. The molecular weight excluding hydrogens is 475 g/mol. The van der Waals surface area contributed by atoms with E-state index >= 15 is 0 Å². The van der Waals surface area contributed by atoms with Gasteiger partial charge in [0.15, 0.2) is 0 Å². The first kappa shape index (κ1) is 20.6. The first-order valence-corrected chi connectivity index (χ1v) is 11.3. The van der Waals surface area contributed by atoms with Gasteiger partial charge in [-0.3, -0.25) is 4.79 Å². The van der Waals surface area contributed by atoms with Gasteiger partial charge in [-0.2, -0.15) is 4.31 Å². The Labute approximate surface area is 176 Å². The summed E-state index contributed by atoms with van der Waals surface area (Å²) in [6.07, 6.45) is 1.23. The lowest BCUT2D eigenvalue weighted by molar-refractivity contribution is -0.120. The second kappa shape index (κ2) is 8.49. The van der Waals surface area contributed by atoms with Crippen molar-refractivity contribution in [3.63, 3.8) is 0 Å². The minimum absolute atomic E-state index is 0.134. The number of hydrogen-bond donors (Lipinski definition) is 1. The molecule has 5 nitrogen and oxygen atoms in total. The maximum atomic E-state index is 12.9. The lowest BCUT2D eigenvalue weighted by atomic mass is 9.99. The van der Waals surface area contributed by atoms with Crippen LogP contribution in [0.4, 0.5) is 5.69 Å². The molecule has 1 N–H and O–H groups in total. The smallest absolute Gasteiger partial charge is 0.243 e. The zero-order chi connectivity index (χ0) is 19.6. The normalized spacial score (nSPS) is 18.3. The standard InChI is InChI=1S/C18H17BrCl2N2O3S/c19-13-3-6-15(7-4-13)27(25,26)23-9-1-2-12(11-23)18(24)22-17-8-5-14(20)10-16(17)21/h3-8,10,12H,1-2,9,11H2,(H,22,24)/t12-/m0/s1. The number of rotatable bonds is 4. The van der Waals surface area contributed by atoms with E-state index in [4.69, 9.17) is 23.2 Å². The van der Waals surface area contributed by atoms with Crippen molar-refractivity contribution in [2.75, 3.05) is 18.4 Å². The Bertz CT molecular complexity index is 952. The second-order valence-corrected chi connectivity index (χ2v) is 9.97. The SMILES string of the molecule is O=C(Nc1ccc(Cl)cc1Cl)[C@H]1CCCN(S(=O)(=O)c2ccc(Br)cc2)C1. The predicted octanol–water partition coefficient (Wildman–Crippen LogP) is 4.80. The third-order valence-corrected chi connectivity index (χ3v) is 7.35. The molecule has 2 aromatic carbocycles. The molecule has 1 amide bonds. The predicted molar refractivity (Wildman–Crippen MR) is 111 cm³/mol. The molecule has 1 heterocycles. The molecule has 1 saturated heterocycles. The summed E-state index contributed by atoms with van der Waals surface area (Å²) in [6, 6.07) is 11.3. The van der Waals surface area contributed by atoms with E-state index in [1.54, 1.807) is 42.5 Å². The van der Waals surface area contributed by atoms with Crippen LogP contribution in [0.2, 0.25) is 10.0 Å². The van der Waals surface area contributed by atoms with Gasteiger partial charge < -0.3 is 5.32 Å². The van der Waals surface area contributed by atoms with Gasteiger partial charge in [0, 0.05) is 22.6 Å². The fourth-order valence-corrected chi connectivity index (χ4v) is 5.20. The quantitative estimate of drug-likeness (QED) is 0.668. The molecule has 0 aliphatic carbocycles. The number of nitrogens with zero attached hydrogens (tertiary/aromatic N) is 1. The van der Waals surface area contributed by atoms with Gasteiger partial charge in [0.2, 0.25) is 15.9 Å². The lowest BCUT2D eigenvalue weighted by Crippen LogP contribution is -2.43. The number of amides is 1. The number of anilines is 1. The molecule has 0 unspecified atom stereocenters. The van der Waals surface area contributed by atoms with Crippen LogP contribution in [0.3, 0.4) is 0 Å². The number of nitrogens with one attached hydrogen (secondary N) is 1. The maximum absolute atomic E-state index is 12.9. The summed E-state index contributed by atoms with van der Waals surface area (Å²) in [7, 11) is -3.64. The molecule has 1 atom stereocenters. The number of benzene rings is 2. The van der Waals surface area contributed by atoms with Gasteiger partial charge in [-0.05, 0) is 55.3 Å². The van der Waals surface area contributed by atoms with E-state index in [9.17, 15) is 13.2 Å². The zero-order valence-electron chi connectivity index (χ0n) is 14.2. The highest BCUT2D eigenvalue weighted by molar-refractivity contribution is 9.10. The van der Waals surface area contributed by atoms with Crippen molar-refractivity contribution in [2.45, 2.75) is 17.7 Å². The largest absolute Gasteiger partial charge is 0.324 e. The highest BCUT2D eigenvalue weighted by atomic mass is 79.9. The molecule has 0 radical (unpaired) electrons. The molecular formula is C18H17BrCl2N2O3S. The van der Waals surface area contributed by atoms with E-state index < -0.39 is 15.9 Å². The van der Waals surface area contributed by atoms with Crippen LogP contribution in [0.1, 0.15) is 12.8 Å². The van der Waals surface area contributed by atoms with E-state index in [1.165, 1.54) is 4.31 Å². The van der Waals surface area contributed by atoms with E-state index in [1.807, 2.05) is 0 Å². The molecule has 0 saturated carbocycles. The highest BCUT2D eigenvalue weighted by Gasteiger charge is 2.33. The van der Waals surface area contributed by atoms with Gasteiger partial charge in [0.1, 0.15) is 0 Å². The summed E-state index contributed by atoms with van der Waals surface area (Å²) in [5.41, 5.74) is 0.457. The van der Waals surface area contributed by atoms with Crippen LogP contribution in [0.15, 0.2) is 51.8 Å². The Hall–Kier alpha value is -1.12. The average molecular weight is 492 g/mol. The molecule has 3 rings (SSSR count). The van der Waals surface area contributed by atoms with Crippen LogP contribution in [-0.2, 0) is 14.8 Å². The van der Waals surface area contributed by atoms with Crippen LogP contribution < -0.4 is 5.32 Å². The molecule has 2 aromatic rings. The molecule has 9 heteroatoms. The average Bonchev–Trinajstić information content (AvgIpc) is 2.64. The molecule has 0 bridgehead atoms. The molecule has 0 spiro atoms. The summed E-state index contributed by atoms with van der Waals surface area (Å²) in [6.45, 7) is 0.527. The third-order valence-electron chi connectivity index (χ3n) is 4.40. The minimum Gasteiger partial charge on any atom is -0.324 e. The van der Waals surface area contributed by atoms with E-state index in [-0.39, 0.29) is 17.3 Å². The van der Waals surface area contributed by atoms with Crippen LogP contribution in [0.25, 0.3) is 0 Å². The monoisotopic (exact) mass is 490 g/mol. The molecule has 27 heavy (non-hydrogen) atoms. The number of hydrogen-bond acceptors (Lipinski definition) is 3. The van der Waals surface area contributed by atoms with Gasteiger partial charge in [-0.25, -0.2) is 8.42 Å². The number of piperidine rings is 1. The number of halogens is 3. The number of carbonyl (C=O) groups excluding carboxylic acids is 1. The molecule has 1 aliphatic rings. The molecule has 1 fully saturated rings. The second-order valence-electron chi connectivity index (χ2n) is 6.27. The summed E-state index contributed by atoms with van der Waals surface area (Å²) in [5, 5.41) is 3.58. The van der Waals surface area contributed by atoms with Gasteiger partial charge in [0.05, 0.1) is 21.5 Å². The molecule has 0 aromatic heterocycles. The minimum atomic E-state index is -3.64. The zero-order valence-corrected chi connectivity index (χ0v) is 18.1. The van der Waals surface area contributed by atoms with Gasteiger partial charge in [-0.15, -0.1) is 0 Å². The van der Waals surface area contributed by atoms with Crippen molar-refractivity contribution >= 4 is 60.7 Å². The number of sulfonamides is 1. The molecule has 1 aliphatic heterocycles. The van der Waals surface area contributed by atoms with Crippen molar-refractivity contribution in [3.05, 3.63) is 57.0 Å².